The number of fused-ring (bicyclic) bond motifs is 1. The number of hydrogen-bond donors (Lipinski definition) is 0. The lowest BCUT2D eigenvalue weighted by atomic mass is 10.2. The lowest BCUT2D eigenvalue weighted by Gasteiger charge is -2.04. The molecule has 3 rings (SSSR count). The van der Waals surface area contributed by atoms with Gasteiger partial charge in [0.15, 0.2) is 5.13 Å². The lowest BCUT2D eigenvalue weighted by Crippen LogP contribution is -2.08. The molecule has 0 aliphatic heterocycles. The molecule has 0 aliphatic carbocycles. The Bertz CT molecular complexity index is 828. The van der Waals surface area contributed by atoms with E-state index in [-0.39, 0.29) is 5.97 Å². The van der Waals surface area contributed by atoms with Gasteiger partial charge in [-0.25, -0.2) is 9.78 Å². The average Bonchev–Trinajstić information content (AvgIpc) is 2.91. The van der Waals surface area contributed by atoms with Crippen molar-refractivity contribution < 1.29 is 9.53 Å². The maximum Gasteiger partial charge on any atom is 0.343 e. The van der Waals surface area contributed by atoms with Gasteiger partial charge in [-0.15, -0.1) is 0 Å². The number of thiazole rings is 1. The molecule has 0 saturated carbocycles. The van der Waals surface area contributed by atoms with E-state index in [1.54, 1.807) is 29.5 Å². The molecule has 0 aliphatic rings. The Morgan fingerprint density at radius 3 is 2.59 bits per heavy atom. The number of rotatable bonds is 3. The number of esters is 1. The molecule has 0 atom stereocenters. The van der Waals surface area contributed by atoms with Crippen molar-refractivity contribution in [1.29, 1.82) is 0 Å². The molecule has 0 spiro atoms. The Morgan fingerprint density at radius 2 is 1.91 bits per heavy atom. The predicted molar refractivity (Wildman–Crippen MR) is 93.0 cm³/mol. The second-order valence-corrected chi connectivity index (χ2v) is 6.84. The van der Waals surface area contributed by atoms with Gasteiger partial charge in [0, 0.05) is 24.6 Å². The fourth-order valence-corrected chi connectivity index (χ4v) is 3.08. The van der Waals surface area contributed by atoms with Gasteiger partial charge in [0.05, 0.1) is 15.8 Å². The van der Waals surface area contributed by atoms with Crippen LogP contribution in [-0.4, -0.2) is 25.0 Å². The van der Waals surface area contributed by atoms with Gasteiger partial charge in [0.25, 0.3) is 0 Å². The van der Waals surface area contributed by atoms with E-state index in [0.717, 1.165) is 19.8 Å². The van der Waals surface area contributed by atoms with Crippen LogP contribution in [0.3, 0.4) is 0 Å². The fourth-order valence-electron chi connectivity index (χ4n) is 1.90. The van der Waals surface area contributed by atoms with Gasteiger partial charge in [-0.1, -0.05) is 27.3 Å². The van der Waals surface area contributed by atoms with Gasteiger partial charge >= 0.3 is 5.97 Å². The van der Waals surface area contributed by atoms with E-state index in [1.165, 1.54) is 0 Å². The summed E-state index contributed by atoms with van der Waals surface area (Å²) < 4.78 is 7.34. The third kappa shape index (κ3) is 3.13. The largest absolute Gasteiger partial charge is 0.423 e. The first-order valence-electron chi connectivity index (χ1n) is 6.58. The number of carbonyl (C=O) groups excluding carboxylic acids is 1. The molecular formula is C16H13BrN2O2S. The molecule has 6 heteroatoms. The molecule has 0 bridgehead atoms. The summed E-state index contributed by atoms with van der Waals surface area (Å²) in [4.78, 5) is 18.6. The maximum atomic E-state index is 12.1. The highest BCUT2D eigenvalue weighted by molar-refractivity contribution is 9.10. The van der Waals surface area contributed by atoms with Crippen LogP contribution in [0.4, 0.5) is 5.13 Å². The van der Waals surface area contributed by atoms with Crippen LogP contribution in [0.25, 0.3) is 10.2 Å². The highest BCUT2D eigenvalue weighted by atomic mass is 79.9. The number of aromatic nitrogens is 1. The predicted octanol–water partition coefficient (Wildman–Crippen LogP) is 4.34. The highest BCUT2D eigenvalue weighted by Crippen LogP contribution is 2.30. The van der Waals surface area contributed by atoms with Crippen LogP contribution in [0.5, 0.6) is 5.75 Å². The molecule has 1 aromatic heterocycles. The van der Waals surface area contributed by atoms with Crippen molar-refractivity contribution in [1.82, 2.24) is 4.98 Å². The normalized spacial score (nSPS) is 10.7. The molecule has 0 saturated heterocycles. The van der Waals surface area contributed by atoms with E-state index in [0.29, 0.717) is 11.3 Å². The SMILES string of the molecule is CN(C)c1nc2ccc(OC(=O)c3ccc(Br)cc3)cc2s1. The van der Waals surface area contributed by atoms with E-state index in [9.17, 15) is 4.79 Å². The van der Waals surface area contributed by atoms with Crippen LogP contribution >= 0.6 is 27.3 Å². The zero-order valence-corrected chi connectivity index (χ0v) is 14.4. The molecule has 0 fully saturated rings. The minimum absolute atomic E-state index is 0.371. The summed E-state index contributed by atoms with van der Waals surface area (Å²) in [7, 11) is 3.90. The van der Waals surface area contributed by atoms with Crippen molar-refractivity contribution in [2.75, 3.05) is 19.0 Å². The number of carbonyl (C=O) groups is 1. The molecule has 0 radical (unpaired) electrons. The number of halogens is 1. The van der Waals surface area contributed by atoms with Crippen LogP contribution < -0.4 is 9.64 Å². The molecule has 0 amide bonds. The van der Waals surface area contributed by atoms with Crippen LogP contribution in [0.15, 0.2) is 46.9 Å². The third-order valence-electron chi connectivity index (χ3n) is 3.02. The summed E-state index contributed by atoms with van der Waals surface area (Å²) in [6.45, 7) is 0. The maximum absolute atomic E-state index is 12.1. The van der Waals surface area contributed by atoms with Gasteiger partial charge < -0.3 is 9.64 Å². The molecule has 3 aromatic rings. The quantitative estimate of drug-likeness (QED) is 0.503. The minimum atomic E-state index is -0.371. The lowest BCUT2D eigenvalue weighted by molar-refractivity contribution is 0.0735. The molecular weight excluding hydrogens is 364 g/mol. The van der Waals surface area contributed by atoms with Crippen LogP contribution in [0.2, 0.25) is 0 Å². The number of nitrogens with zero attached hydrogens (tertiary/aromatic N) is 2. The summed E-state index contributed by atoms with van der Waals surface area (Å²) in [5, 5.41) is 0.923. The van der Waals surface area contributed by atoms with Crippen LogP contribution in [0, 0.1) is 0 Å². The van der Waals surface area contributed by atoms with E-state index in [1.807, 2.05) is 43.3 Å². The van der Waals surface area contributed by atoms with Crippen molar-refractivity contribution in [3.05, 3.63) is 52.5 Å². The summed E-state index contributed by atoms with van der Waals surface area (Å²) in [5.74, 6) is 0.151. The van der Waals surface area contributed by atoms with E-state index >= 15 is 0 Å². The molecule has 4 nitrogen and oxygen atoms in total. The molecule has 0 unspecified atom stereocenters. The number of anilines is 1. The minimum Gasteiger partial charge on any atom is -0.423 e. The molecule has 112 valence electrons. The van der Waals surface area contributed by atoms with Gasteiger partial charge in [-0.05, 0) is 36.4 Å². The van der Waals surface area contributed by atoms with E-state index in [2.05, 4.69) is 20.9 Å². The van der Waals surface area contributed by atoms with Gasteiger partial charge in [0.1, 0.15) is 5.75 Å². The second-order valence-electron chi connectivity index (χ2n) is 4.92. The third-order valence-corrected chi connectivity index (χ3v) is 4.74. The van der Waals surface area contributed by atoms with E-state index < -0.39 is 0 Å². The van der Waals surface area contributed by atoms with Gasteiger partial charge in [0.2, 0.25) is 0 Å². The summed E-state index contributed by atoms with van der Waals surface area (Å²) in [6.07, 6.45) is 0. The topological polar surface area (TPSA) is 42.4 Å². The van der Waals surface area contributed by atoms with E-state index in [4.69, 9.17) is 4.74 Å². The van der Waals surface area contributed by atoms with Crippen molar-refractivity contribution in [3.8, 4) is 5.75 Å². The van der Waals surface area contributed by atoms with Crippen molar-refractivity contribution in [3.63, 3.8) is 0 Å². The Morgan fingerprint density at radius 1 is 1.18 bits per heavy atom. The van der Waals surface area contributed by atoms with Crippen LogP contribution in [-0.2, 0) is 0 Å². The average molecular weight is 377 g/mol. The zero-order valence-electron chi connectivity index (χ0n) is 12.0. The number of hydrogen-bond acceptors (Lipinski definition) is 5. The first kappa shape index (κ1) is 15.0. The molecule has 2 aromatic carbocycles. The zero-order chi connectivity index (χ0) is 15.7. The Balaban J connectivity index is 1.84. The highest BCUT2D eigenvalue weighted by Gasteiger charge is 2.11. The molecule has 0 N–H and O–H groups in total. The molecule has 1 heterocycles. The van der Waals surface area contributed by atoms with Crippen molar-refractivity contribution in [2.24, 2.45) is 0 Å². The van der Waals surface area contributed by atoms with Gasteiger partial charge in [-0.2, -0.15) is 0 Å². The van der Waals surface area contributed by atoms with Crippen molar-refractivity contribution >= 4 is 48.6 Å². The summed E-state index contributed by atoms with van der Waals surface area (Å²) >= 11 is 4.90. The van der Waals surface area contributed by atoms with Crippen molar-refractivity contribution in [2.45, 2.75) is 0 Å². The van der Waals surface area contributed by atoms with Gasteiger partial charge in [-0.3, -0.25) is 0 Å². The van der Waals surface area contributed by atoms with Crippen LogP contribution in [0.1, 0.15) is 10.4 Å². The standard InChI is InChI=1S/C16H13BrN2O2S/c1-19(2)16-18-13-8-7-12(9-14(13)22-16)21-15(20)10-3-5-11(17)6-4-10/h3-9H,1-2H3. The number of benzene rings is 2. The number of ether oxygens (including phenoxy) is 1. The molecule has 22 heavy (non-hydrogen) atoms. The monoisotopic (exact) mass is 376 g/mol. The Labute approximate surface area is 140 Å². The summed E-state index contributed by atoms with van der Waals surface area (Å²) in [5.41, 5.74) is 1.42. The Hall–Kier alpha value is -1.92. The fraction of sp³-hybridized carbons (Fsp3) is 0.125. The second kappa shape index (κ2) is 6.06. The first-order chi connectivity index (χ1) is 10.5. The smallest absolute Gasteiger partial charge is 0.343 e. The first-order valence-corrected chi connectivity index (χ1v) is 8.19. The summed E-state index contributed by atoms with van der Waals surface area (Å²) in [6, 6.07) is 12.5. The Kier molecular flexibility index (Phi) is 4.13.